The molecule has 27 heavy (non-hydrogen) atoms. The zero-order valence-electron chi connectivity index (χ0n) is 16.0. The lowest BCUT2D eigenvalue weighted by Crippen LogP contribution is -2.34. The maximum atomic E-state index is 13.2. The summed E-state index contributed by atoms with van der Waals surface area (Å²) in [6.45, 7) is 0.671. The molecule has 0 spiro atoms. The maximum Gasteiger partial charge on any atom is 0.323 e. The van der Waals surface area contributed by atoms with Crippen LogP contribution in [-0.2, 0) is 11.3 Å². The molecule has 0 aliphatic carbocycles. The molecule has 3 rings (SSSR count). The van der Waals surface area contributed by atoms with Crippen molar-refractivity contribution in [3.63, 3.8) is 0 Å². The SMILES string of the molecule is C[N+](C)(C)Cc1ncccc1OC(=O)C(c1ccccc1)c1ccccc1. The Hall–Kier alpha value is -2.98. The van der Waals surface area contributed by atoms with Crippen molar-refractivity contribution in [2.24, 2.45) is 0 Å². The summed E-state index contributed by atoms with van der Waals surface area (Å²) in [5, 5.41) is 0. The van der Waals surface area contributed by atoms with E-state index >= 15 is 0 Å². The smallest absolute Gasteiger partial charge is 0.323 e. The predicted molar refractivity (Wildman–Crippen MR) is 106 cm³/mol. The molecule has 0 saturated carbocycles. The van der Waals surface area contributed by atoms with Gasteiger partial charge >= 0.3 is 5.97 Å². The largest absolute Gasteiger partial charge is 0.424 e. The number of nitrogens with zero attached hydrogens (tertiary/aromatic N) is 2. The van der Waals surface area contributed by atoms with Crippen LogP contribution in [0.25, 0.3) is 0 Å². The van der Waals surface area contributed by atoms with Gasteiger partial charge in [0.2, 0.25) is 0 Å². The molecule has 0 N–H and O–H groups in total. The Morgan fingerprint density at radius 1 is 0.889 bits per heavy atom. The molecule has 1 aromatic heterocycles. The van der Waals surface area contributed by atoms with Gasteiger partial charge in [0.05, 0.1) is 21.1 Å². The first-order valence-corrected chi connectivity index (χ1v) is 9.00. The van der Waals surface area contributed by atoms with Gasteiger partial charge in [-0.05, 0) is 23.3 Å². The van der Waals surface area contributed by atoms with E-state index in [4.69, 9.17) is 4.74 Å². The zero-order chi connectivity index (χ0) is 19.3. The van der Waals surface area contributed by atoms with Gasteiger partial charge in [-0.15, -0.1) is 0 Å². The van der Waals surface area contributed by atoms with E-state index in [1.807, 2.05) is 66.7 Å². The molecule has 0 unspecified atom stereocenters. The summed E-state index contributed by atoms with van der Waals surface area (Å²) in [7, 11) is 6.24. The van der Waals surface area contributed by atoms with Crippen LogP contribution < -0.4 is 4.74 Å². The second-order valence-electron chi connectivity index (χ2n) is 7.57. The third-order valence-corrected chi connectivity index (χ3v) is 4.18. The third kappa shape index (κ3) is 5.02. The zero-order valence-corrected chi connectivity index (χ0v) is 16.0. The quantitative estimate of drug-likeness (QED) is 0.492. The fourth-order valence-corrected chi connectivity index (χ4v) is 3.01. The lowest BCUT2D eigenvalue weighted by Gasteiger charge is -2.24. The van der Waals surface area contributed by atoms with Gasteiger partial charge in [-0.2, -0.15) is 0 Å². The molecule has 0 saturated heterocycles. The molecule has 4 nitrogen and oxygen atoms in total. The van der Waals surface area contributed by atoms with Gasteiger partial charge in [0, 0.05) is 6.20 Å². The van der Waals surface area contributed by atoms with Crippen LogP contribution in [0, 0.1) is 0 Å². The summed E-state index contributed by atoms with van der Waals surface area (Å²) in [4.78, 5) is 17.6. The Balaban J connectivity index is 1.93. The van der Waals surface area contributed by atoms with E-state index < -0.39 is 5.92 Å². The highest BCUT2D eigenvalue weighted by Crippen LogP contribution is 2.28. The summed E-state index contributed by atoms with van der Waals surface area (Å²) in [5.41, 5.74) is 2.59. The molecule has 2 aromatic carbocycles. The van der Waals surface area contributed by atoms with Gasteiger partial charge < -0.3 is 9.22 Å². The average Bonchev–Trinajstić information content (AvgIpc) is 2.64. The van der Waals surface area contributed by atoms with E-state index in [0.29, 0.717) is 16.8 Å². The summed E-state index contributed by atoms with van der Waals surface area (Å²) in [6, 6.07) is 23.0. The molecule has 0 aliphatic rings. The first-order valence-electron chi connectivity index (χ1n) is 9.00. The highest BCUT2D eigenvalue weighted by Gasteiger charge is 2.26. The number of ether oxygens (including phenoxy) is 1. The predicted octanol–water partition coefficient (Wildman–Crippen LogP) is 4.03. The standard InChI is InChI=1S/C23H25N2O2/c1-25(2,3)17-20-21(15-10-16-24-20)27-23(26)22(18-11-6-4-7-12-18)19-13-8-5-9-14-19/h4-16,22H,17H2,1-3H3/q+1. The number of quaternary nitrogens is 1. The molecule has 4 heteroatoms. The molecule has 3 aromatic rings. The molecule has 0 aliphatic heterocycles. The number of carbonyl (C=O) groups excluding carboxylic acids is 1. The maximum absolute atomic E-state index is 13.2. The fraction of sp³-hybridized carbons (Fsp3) is 0.217. The highest BCUT2D eigenvalue weighted by atomic mass is 16.5. The number of carbonyl (C=O) groups is 1. The van der Waals surface area contributed by atoms with Crippen molar-refractivity contribution in [3.05, 3.63) is 95.8 Å². The minimum absolute atomic E-state index is 0.303. The normalized spacial score (nSPS) is 11.4. The van der Waals surface area contributed by atoms with Crippen LogP contribution in [-0.4, -0.2) is 36.6 Å². The van der Waals surface area contributed by atoms with Crippen LogP contribution in [0.15, 0.2) is 79.0 Å². The molecule has 0 atom stereocenters. The third-order valence-electron chi connectivity index (χ3n) is 4.18. The Morgan fingerprint density at radius 2 is 1.44 bits per heavy atom. The Morgan fingerprint density at radius 3 is 1.96 bits per heavy atom. The molecular formula is C23H25N2O2+. The summed E-state index contributed by atoms with van der Waals surface area (Å²) in [6.07, 6.45) is 1.73. The van der Waals surface area contributed by atoms with Crippen LogP contribution in [0.5, 0.6) is 5.75 Å². The first-order chi connectivity index (χ1) is 12.9. The van der Waals surface area contributed by atoms with Crippen molar-refractivity contribution in [1.82, 2.24) is 4.98 Å². The molecule has 1 heterocycles. The van der Waals surface area contributed by atoms with Gasteiger partial charge in [-0.25, -0.2) is 0 Å². The van der Waals surface area contributed by atoms with Crippen LogP contribution in [0.4, 0.5) is 0 Å². The molecular weight excluding hydrogens is 336 g/mol. The lowest BCUT2D eigenvalue weighted by molar-refractivity contribution is -0.884. The van der Waals surface area contributed by atoms with E-state index in [1.54, 1.807) is 12.3 Å². The monoisotopic (exact) mass is 361 g/mol. The van der Waals surface area contributed by atoms with Gasteiger partial charge in [-0.1, -0.05) is 60.7 Å². The van der Waals surface area contributed by atoms with Crippen molar-refractivity contribution in [2.75, 3.05) is 21.1 Å². The van der Waals surface area contributed by atoms with Crippen molar-refractivity contribution in [2.45, 2.75) is 12.5 Å². The fourth-order valence-electron chi connectivity index (χ4n) is 3.01. The average molecular weight is 361 g/mol. The van der Waals surface area contributed by atoms with E-state index in [2.05, 4.69) is 26.1 Å². The topological polar surface area (TPSA) is 39.2 Å². The van der Waals surface area contributed by atoms with Gasteiger partial charge in [0.1, 0.15) is 18.2 Å². The second kappa shape index (κ2) is 8.14. The van der Waals surface area contributed by atoms with E-state index in [9.17, 15) is 4.79 Å². The van der Waals surface area contributed by atoms with Crippen LogP contribution in [0.3, 0.4) is 0 Å². The molecule has 0 radical (unpaired) electrons. The summed E-state index contributed by atoms with van der Waals surface area (Å²) < 4.78 is 6.55. The number of hydrogen-bond donors (Lipinski definition) is 0. The number of aromatic nitrogens is 1. The molecule has 0 fully saturated rings. The molecule has 0 bridgehead atoms. The number of pyridine rings is 1. The van der Waals surface area contributed by atoms with Crippen molar-refractivity contribution in [1.29, 1.82) is 0 Å². The van der Waals surface area contributed by atoms with Crippen LogP contribution in [0.1, 0.15) is 22.7 Å². The number of esters is 1. The van der Waals surface area contributed by atoms with Crippen LogP contribution >= 0.6 is 0 Å². The number of benzene rings is 2. The molecule has 138 valence electrons. The lowest BCUT2D eigenvalue weighted by atomic mass is 9.91. The van der Waals surface area contributed by atoms with E-state index in [-0.39, 0.29) is 5.97 Å². The van der Waals surface area contributed by atoms with E-state index in [0.717, 1.165) is 16.8 Å². The van der Waals surface area contributed by atoms with Crippen molar-refractivity contribution >= 4 is 5.97 Å². The van der Waals surface area contributed by atoms with Crippen LogP contribution in [0.2, 0.25) is 0 Å². The van der Waals surface area contributed by atoms with Gasteiger partial charge in [-0.3, -0.25) is 9.78 Å². The summed E-state index contributed by atoms with van der Waals surface area (Å²) in [5.74, 6) is -0.264. The second-order valence-corrected chi connectivity index (χ2v) is 7.57. The van der Waals surface area contributed by atoms with Crippen molar-refractivity contribution in [3.8, 4) is 5.75 Å². The van der Waals surface area contributed by atoms with Gasteiger partial charge in [0.15, 0.2) is 5.75 Å². The minimum Gasteiger partial charge on any atom is -0.424 e. The summed E-state index contributed by atoms with van der Waals surface area (Å²) >= 11 is 0. The Kier molecular flexibility index (Phi) is 5.67. The van der Waals surface area contributed by atoms with Gasteiger partial charge in [0.25, 0.3) is 0 Å². The highest BCUT2D eigenvalue weighted by molar-refractivity contribution is 5.84. The first kappa shape index (κ1) is 18.8. The minimum atomic E-state index is -0.482. The Labute approximate surface area is 160 Å². The number of rotatable bonds is 6. The molecule has 0 amide bonds. The Bertz CT molecular complexity index is 848. The van der Waals surface area contributed by atoms with Crippen molar-refractivity contribution < 1.29 is 14.0 Å². The number of hydrogen-bond acceptors (Lipinski definition) is 3. The van der Waals surface area contributed by atoms with E-state index in [1.165, 1.54) is 0 Å².